The molecule has 0 aliphatic rings. The first-order valence-electron chi connectivity index (χ1n) is 8.99. The molecule has 2 aromatic carbocycles. The van der Waals surface area contributed by atoms with Crippen molar-refractivity contribution in [3.63, 3.8) is 0 Å². The van der Waals surface area contributed by atoms with Gasteiger partial charge in [0.1, 0.15) is 17.2 Å². The second-order valence-corrected chi connectivity index (χ2v) is 6.15. The third-order valence-corrected chi connectivity index (χ3v) is 4.07. The van der Waals surface area contributed by atoms with Crippen LogP contribution >= 0.6 is 0 Å². The summed E-state index contributed by atoms with van der Waals surface area (Å²) in [5, 5.41) is 3.91. The van der Waals surface area contributed by atoms with E-state index in [1.165, 1.54) is 0 Å². The minimum absolute atomic E-state index is 0.112. The molecule has 0 bridgehead atoms. The van der Waals surface area contributed by atoms with Crippen LogP contribution in [0.3, 0.4) is 0 Å². The van der Waals surface area contributed by atoms with E-state index in [0.29, 0.717) is 28.6 Å². The molecule has 0 fully saturated rings. The molecular weight excluding hydrogens is 376 g/mol. The van der Waals surface area contributed by atoms with Gasteiger partial charge < -0.3 is 23.5 Å². The Kier molecular flexibility index (Phi) is 6.67. The first-order valence-corrected chi connectivity index (χ1v) is 8.99. The fourth-order valence-electron chi connectivity index (χ4n) is 2.51. The lowest BCUT2D eigenvalue weighted by Gasteiger charge is -2.07. The zero-order chi connectivity index (χ0) is 20.6. The number of aromatic nitrogens is 2. The standard InChI is InChI=1S/C21H22N2O6/c1-14-4-6-15(7-5-14)27-11-10-20(24)28-13-19-22-21(23-29-19)17-9-8-16(25-2)12-18(17)26-3/h4-9,12H,10-11,13H2,1-3H3. The van der Waals surface area contributed by atoms with Crippen LogP contribution in [-0.2, 0) is 16.1 Å². The van der Waals surface area contributed by atoms with Gasteiger partial charge in [0.2, 0.25) is 5.82 Å². The topological polar surface area (TPSA) is 92.9 Å². The summed E-state index contributed by atoms with van der Waals surface area (Å²) in [4.78, 5) is 16.1. The van der Waals surface area contributed by atoms with Gasteiger partial charge >= 0.3 is 5.97 Å². The van der Waals surface area contributed by atoms with Crippen molar-refractivity contribution in [2.75, 3.05) is 20.8 Å². The third-order valence-electron chi connectivity index (χ3n) is 4.07. The predicted molar refractivity (Wildman–Crippen MR) is 104 cm³/mol. The molecule has 0 radical (unpaired) electrons. The minimum atomic E-state index is -0.418. The lowest BCUT2D eigenvalue weighted by atomic mass is 10.2. The molecular formula is C21H22N2O6. The molecule has 0 atom stereocenters. The SMILES string of the molecule is COc1ccc(-c2noc(COC(=O)CCOc3ccc(C)cc3)n2)c(OC)c1. The number of hydrogen-bond donors (Lipinski definition) is 0. The second kappa shape index (κ2) is 9.59. The summed E-state index contributed by atoms with van der Waals surface area (Å²) in [6.07, 6.45) is 0.112. The molecule has 0 N–H and O–H groups in total. The highest BCUT2D eigenvalue weighted by Gasteiger charge is 2.15. The number of nitrogens with zero attached hydrogens (tertiary/aromatic N) is 2. The van der Waals surface area contributed by atoms with Gasteiger partial charge in [-0.15, -0.1) is 0 Å². The minimum Gasteiger partial charge on any atom is -0.497 e. The Bertz CT molecular complexity index is 952. The zero-order valence-electron chi connectivity index (χ0n) is 16.5. The Morgan fingerprint density at radius 1 is 1.03 bits per heavy atom. The summed E-state index contributed by atoms with van der Waals surface area (Å²) in [5.41, 5.74) is 1.78. The van der Waals surface area contributed by atoms with Gasteiger partial charge in [0.15, 0.2) is 6.61 Å². The average Bonchev–Trinajstić information content (AvgIpc) is 3.22. The smallest absolute Gasteiger partial charge is 0.309 e. The Morgan fingerprint density at radius 2 is 1.79 bits per heavy atom. The number of methoxy groups -OCH3 is 2. The Hall–Kier alpha value is -3.55. The molecule has 0 amide bonds. The van der Waals surface area contributed by atoms with Gasteiger partial charge in [-0.05, 0) is 31.2 Å². The molecule has 1 heterocycles. The quantitative estimate of drug-likeness (QED) is 0.505. The lowest BCUT2D eigenvalue weighted by molar-refractivity contribution is -0.146. The lowest BCUT2D eigenvalue weighted by Crippen LogP contribution is -2.10. The number of hydrogen-bond acceptors (Lipinski definition) is 8. The maximum atomic E-state index is 11.9. The summed E-state index contributed by atoms with van der Waals surface area (Å²) in [5.74, 6) is 2.00. The summed E-state index contributed by atoms with van der Waals surface area (Å²) < 4.78 is 26.3. The fraction of sp³-hybridized carbons (Fsp3) is 0.286. The molecule has 152 valence electrons. The van der Waals surface area contributed by atoms with Crippen molar-refractivity contribution in [2.24, 2.45) is 0 Å². The van der Waals surface area contributed by atoms with Crippen molar-refractivity contribution in [2.45, 2.75) is 20.0 Å². The van der Waals surface area contributed by atoms with Gasteiger partial charge in [-0.1, -0.05) is 22.9 Å². The molecule has 3 aromatic rings. The van der Waals surface area contributed by atoms with Crippen molar-refractivity contribution >= 4 is 5.97 Å². The van der Waals surface area contributed by atoms with Crippen molar-refractivity contribution in [3.05, 3.63) is 53.9 Å². The molecule has 1 aromatic heterocycles. The van der Waals surface area contributed by atoms with Gasteiger partial charge in [0.25, 0.3) is 5.89 Å². The van der Waals surface area contributed by atoms with E-state index in [9.17, 15) is 4.79 Å². The molecule has 29 heavy (non-hydrogen) atoms. The van der Waals surface area contributed by atoms with E-state index in [2.05, 4.69) is 10.1 Å². The van der Waals surface area contributed by atoms with E-state index in [-0.39, 0.29) is 25.5 Å². The fourth-order valence-corrected chi connectivity index (χ4v) is 2.51. The first-order chi connectivity index (χ1) is 14.1. The first kappa shape index (κ1) is 20.2. The summed E-state index contributed by atoms with van der Waals surface area (Å²) in [6.45, 7) is 2.10. The van der Waals surface area contributed by atoms with Crippen LogP contribution in [0.4, 0.5) is 0 Å². The highest BCUT2D eigenvalue weighted by Crippen LogP contribution is 2.31. The van der Waals surface area contributed by atoms with Crippen LogP contribution in [0, 0.1) is 6.92 Å². The molecule has 0 spiro atoms. The number of carbonyl (C=O) groups excluding carboxylic acids is 1. The molecule has 0 unspecified atom stereocenters. The van der Waals surface area contributed by atoms with Crippen LogP contribution in [0.2, 0.25) is 0 Å². The van der Waals surface area contributed by atoms with Crippen molar-refractivity contribution in [1.29, 1.82) is 0 Å². The van der Waals surface area contributed by atoms with Crippen LogP contribution in [0.5, 0.6) is 17.2 Å². The van der Waals surface area contributed by atoms with Gasteiger partial charge in [0, 0.05) is 6.07 Å². The second-order valence-electron chi connectivity index (χ2n) is 6.15. The molecule has 0 saturated carbocycles. The number of aryl methyl sites for hydroxylation is 1. The average molecular weight is 398 g/mol. The number of carbonyl (C=O) groups is 1. The highest BCUT2D eigenvalue weighted by molar-refractivity contribution is 5.69. The maximum Gasteiger partial charge on any atom is 0.309 e. The van der Waals surface area contributed by atoms with Crippen molar-refractivity contribution in [1.82, 2.24) is 10.1 Å². The monoisotopic (exact) mass is 398 g/mol. The van der Waals surface area contributed by atoms with E-state index in [0.717, 1.165) is 5.56 Å². The molecule has 0 saturated heterocycles. The van der Waals surface area contributed by atoms with Crippen LogP contribution in [0.15, 0.2) is 47.0 Å². The molecule has 8 nitrogen and oxygen atoms in total. The van der Waals surface area contributed by atoms with E-state index >= 15 is 0 Å². The number of esters is 1. The highest BCUT2D eigenvalue weighted by atomic mass is 16.6. The Morgan fingerprint density at radius 3 is 2.52 bits per heavy atom. The number of ether oxygens (including phenoxy) is 4. The summed E-state index contributed by atoms with van der Waals surface area (Å²) >= 11 is 0. The van der Waals surface area contributed by atoms with Crippen molar-refractivity contribution < 1.29 is 28.3 Å². The number of rotatable bonds is 9. The predicted octanol–water partition coefficient (Wildman–Crippen LogP) is 3.57. The van der Waals surface area contributed by atoms with Crippen LogP contribution in [0.25, 0.3) is 11.4 Å². The van der Waals surface area contributed by atoms with Gasteiger partial charge in [0.05, 0.1) is 32.8 Å². The van der Waals surface area contributed by atoms with Gasteiger partial charge in [-0.2, -0.15) is 4.98 Å². The normalized spacial score (nSPS) is 10.4. The van der Waals surface area contributed by atoms with E-state index in [4.69, 9.17) is 23.5 Å². The van der Waals surface area contributed by atoms with E-state index < -0.39 is 5.97 Å². The van der Waals surface area contributed by atoms with Crippen molar-refractivity contribution in [3.8, 4) is 28.6 Å². The van der Waals surface area contributed by atoms with Gasteiger partial charge in [-0.3, -0.25) is 4.79 Å². The molecule has 3 rings (SSSR count). The number of benzene rings is 2. The van der Waals surface area contributed by atoms with Crippen LogP contribution in [0.1, 0.15) is 17.9 Å². The third kappa shape index (κ3) is 5.47. The van der Waals surface area contributed by atoms with Crippen LogP contribution in [-0.4, -0.2) is 36.9 Å². The maximum absolute atomic E-state index is 11.9. The Balaban J connectivity index is 1.50. The van der Waals surface area contributed by atoms with E-state index in [1.807, 2.05) is 31.2 Å². The van der Waals surface area contributed by atoms with Crippen LogP contribution < -0.4 is 14.2 Å². The molecule has 0 aliphatic carbocycles. The van der Waals surface area contributed by atoms with Gasteiger partial charge in [-0.25, -0.2) is 0 Å². The summed E-state index contributed by atoms with van der Waals surface area (Å²) in [6, 6.07) is 12.8. The summed E-state index contributed by atoms with van der Waals surface area (Å²) in [7, 11) is 3.11. The Labute approximate surface area is 168 Å². The molecule has 0 aliphatic heterocycles. The largest absolute Gasteiger partial charge is 0.497 e. The van der Waals surface area contributed by atoms with E-state index in [1.54, 1.807) is 32.4 Å². The zero-order valence-corrected chi connectivity index (χ0v) is 16.5. The molecule has 8 heteroatoms.